The van der Waals surface area contributed by atoms with Crippen molar-refractivity contribution in [3.05, 3.63) is 12.7 Å². The summed E-state index contributed by atoms with van der Waals surface area (Å²) in [5, 5.41) is 36.2. The van der Waals surface area contributed by atoms with E-state index in [9.17, 15) is 5.11 Å². The minimum absolute atomic E-state index is 1.01. The van der Waals surface area contributed by atoms with E-state index < -0.39 is 30.7 Å². The van der Waals surface area contributed by atoms with Crippen molar-refractivity contribution in [1.82, 2.24) is 0 Å². The highest BCUT2D eigenvalue weighted by atomic mass is 16.6. The van der Waals surface area contributed by atoms with E-state index >= 15 is 0 Å². The van der Waals surface area contributed by atoms with Crippen LogP contribution in [0.25, 0.3) is 0 Å². The Morgan fingerprint density at radius 2 is 1.83 bits per heavy atom. The number of hydrogen-bond acceptors (Lipinski definition) is 5. The molecule has 12 heavy (non-hydrogen) atoms. The second kappa shape index (κ2) is 3.51. The maximum absolute atomic E-state index is 9.19. The first-order chi connectivity index (χ1) is 5.57. The van der Waals surface area contributed by atoms with Crippen molar-refractivity contribution >= 4 is 0 Å². The van der Waals surface area contributed by atoms with Crippen LogP contribution in [0.3, 0.4) is 0 Å². The number of aliphatic hydroxyl groups is 4. The third-order valence-corrected chi connectivity index (χ3v) is 1.85. The molecule has 1 saturated heterocycles. The largest absolute Gasteiger partial charge is 0.387 e. The lowest BCUT2D eigenvalue weighted by atomic mass is 10.1. The Morgan fingerprint density at radius 1 is 1.25 bits per heavy atom. The summed E-state index contributed by atoms with van der Waals surface area (Å²) in [6.07, 6.45) is -5.03. The van der Waals surface area contributed by atoms with E-state index in [-0.39, 0.29) is 0 Å². The molecule has 0 saturated carbocycles. The average molecular weight is 176 g/mol. The van der Waals surface area contributed by atoms with E-state index in [2.05, 4.69) is 11.3 Å². The zero-order valence-electron chi connectivity index (χ0n) is 6.37. The SMILES string of the molecule is C=CC(O)[C@H]1O[C@H](O)[C@H](O)[C@H]1O. The third-order valence-electron chi connectivity index (χ3n) is 1.85. The maximum atomic E-state index is 9.19. The van der Waals surface area contributed by atoms with Gasteiger partial charge < -0.3 is 25.2 Å². The van der Waals surface area contributed by atoms with Crippen LogP contribution in [0.4, 0.5) is 0 Å². The van der Waals surface area contributed by atoms with E-state index in [4.69, 9.17) is 15.3 Å². The van der Waals surface area contributed by atoms with Gasteiger partial charge in [0.2, 0.25) is 0 Å². The Morgan fingerprint density at radius 3 is 2.17 bits per heavy atom. The van der Waals surface area contributed by atoms with Crippen LogP contribution in [-0.2, 0) is 4.74 Å². The molecule has 1 aliphatic heterocycles. The predicted molar refractivity (Wildman–Crippen MR) is 39.1 cm³/mol. The first-order valence-electron chi connectivity index (χ1n) is 3.58. The average Bonchev–Trinajstić information content (AvgIpc) is 2.32. The van der Waals surface area contributed by atoms with E-state index in [1.54, 1.807) is 0 Å². The molecule has 1 rings (SSSR count). The fourth-order valence-electron chi connectivity index (χ4n) is 1.10. The fraction of sp³-hybridized carbons (Fsp3) is 0.714. The molecule has 1 unspecified atom stereocenters. The first-order valence-corrected chi connectivity index (χ1v) is 3.58. The summed E-state index contributed by atoms with van der Waals surface area (Å²) in [6.45, 7) is 3.29. The summed E-state index contributed by atoms with van der Waals surface area (Å²) in [5.74, 6) is 0. The van der Waals surface area contributed by atoms with Gasteiger partial charge in [-0.25, -0.2) is 0 Å². The lowest BCUT2D eigenvalue weighted by Crippen LogP contribution is -2.37. The minimum Gasteiger partial charge on any atom is -0.387 e. The molecule has 4 N–H and O–H groups in total. The van der Waals surface area contributed by atoms with Gasteiger partial charge in [0, 0.05) is 0 Å². The van der Waals surface area contributed by atoms with Gasteiger partial charge in [-0.15, -0.1) is 6.58 Å². The highest BCUT2D eigenvalue weighted by molar-refractivity contribution is 4.96. The molecule has 70 valence electrons. The van der Waals surface area contributed by atoms with Crippen LogP contribution >= 0.6 is 0 Å². The Labute approximate surface area is 69.5 Å². The van der Waals surface area contributed by atoms with E-state index in [1.807, 2.05) is 0 Å². The minimum atomic E-state index is -1.44. The van der Waals surface area contributed by atoms with Gasteiger partial charge in [0.15, 0.2) is 6.29 Å². The van der Waals surface area contributed by atoms with Crippen LogP contribution in [0.2, 0.25) is 0 Å². The monoisotopic (exact) mass is 176 g/mol. The summed E-state index contributed by atoms with van der Waals surface area (Å²) in [4.78, 5) is 0. The van der Waals surface area contributed by atoms with Gasteiger partial charge in [-0.05, 0) is 0 Å². The zero-order chi connectivity index (χ0) is 9.30. The van der Waals surface area contributed by atoms with Crippen LogP contribution in [0, 0.1) is 0 Å². The molecule has 5 heteroatoms. The Hall–Kier alpha value is -0.460. The molecule has 0 amide bonds. The van der Waals surface area contributed by atoms with Gasteiger partial charge in [-0.3, -0.25) is 0 Å². The summed E-state index contributed by atoms with van der Waals surface area (Å²) < 4.78 is 4.67. The van der Waals surface area contributed by atoms with E-state index in [1.165, 1.54) is 6.08 Å². The highest BCUT2D eigenvalue weighted by Gasteiger charge is 2.44. The smallest absolute Gasteiger partial charge is 0.184 e. The topological polar surface area (TPSA) is 90.2 Å². The Kier molecular flexibility index (Phi) is 2.81. The molecule has 1 aliphatic rings. The molecule has 0 aliphatic carbocycles. The summed E-state index contributed by atoms with van der Waals surface area (Å²) in [5.41, 5.74) is 0. The molecular formula is C7H12O5. The Bertz CT molecular complexity index is 171. The summed E-state index contributed by atoms with van der Waals surface area (Å²) >= 11 is 0. The normalized spacial score (nSPS) is 44.3. The van der Waals surface area contributed by atoms with Crippen molar-refractivity contribution in [2.45, 2.75) is 30.7 Å². The van der Waals surface area contributed by atoms with Crippen LogP contribution in [0.1, 0.15) is 0 Å². The van der Waals surface area contributed by atoms with Gasteiger partial charge in [0.25, 0.3) is 0 Å². The van der Waals surface area contributed by atoms with Gasteiger partial charge in [-0.2, -0.15) is 0 Å². The van der Waals surface area contributed by atoms with Gasteiger partial charge in [0.05, 0.1) is 0 Å². The van der Waals surface area contributed by atoms with Crippen LogP contribution in [0.15, 0.2) is 12.7 Å². The van der Waals surface area contributed by atoms with Crippen molar-refractivity contribution in [1.29, 1.82) is 0 Å². The number of rotatable bonds is 2. The Balaban J connectivity index is 2.63. The van der Waals surface area contributed by atoms with Crippen molar-refractivity contribution < 1.29 is 25.2 Å². The van der Waals surface area contributed by atoms with E-state index in [0.717, 1.165) is 0 Å². The summed E-state index contributed by atoms with van der Waals surface area (Å²) in [6, 6.07) is 0. The van der Waals surface area contributed by atoms with Crippen molar-refractivity contribution in [2.24, 2.45) is 0 Å². The molecule has 0 radical (unpaired) electrons. The molecule has 1 heterocycles. The molecule has 0 aromatic heterocycles. The molecule has 0 aromatic rings. The van der Waals surface area contributed by atoms with E-state index in [0.29, 0.717) is 0 Å². The zero-order valence-corrected chi connectivity index (χ0v) is 6.37. The second-order valence-corrected chi connectivity index (χ2v) is 2.70. The summed E-state index contributed by atoms with van der Waals surface area (Å²) in [7, 11) is 0. The molecule has 0 bridgehead atoms. The fourth-order valence-corrected chi connectivity index (χ4v) is 1.10. The van der Waals surface area contributed by atoms with Crippen LogP contribution < -0.4 is 0 Å². The van der Waals surface area contributed by atoms with Crippen molar-refractivity contribution in [2.75, 3.05) is 0 Å². The van der Waals surface area contributed by atoms with Crippen LogP contribution in [-0.4, -0.2) is 51.1 Å². The number of hydrogen-bond donors (Lipinski definition) is 4. The number of aliphatic hydroxyl groups excluding tert-OH is 4. The first kappa shape index (κ1) is 9.63. The maximum Gasteiger partial charge on any atom is 0.184 e. The quantitative estimate of drug-likeness (QED) is 0.364. The molecule has 5 atom stereocenters. The number of ether oxygens (including phenoxy) is 1. The molecule has 0 aromatic carbocycles. The predicted octanol–water partition coefficient (Wildman–Crippen LogP) is -2.03. The lowest BCUT2D eigenvalue weighted by Gasteiger charge is -2.16. The van der Waals surface area contributed by atoms with Gasteiger partial charge >= 0.3 is 0 Å². The molecule has 1 fully saturated rings. The second-order valence-electron chi connectivity index (χ2n) is 2.70. The third kappa shape index (κ3) is 1.50. The van der Waals surface area contributed by atoms with Crippen molar-refractivity contribution in [3.8, 4) is 0 Å². The molecular weight excluding hydrogens is 164 g/mol. The van der Waals surface area contributed by atoms with Gasteiger partial charge in [0.1, 0.15) is 24.4 Å². The highest BCUT2D eigenvalue weighted by Crippen LogP contribution is 2.22. The lowest BCUT2D eigenvalue weighted by molar-refractivity contribution is -0.140. The molecule has 0 spiro atoms. The van der Waals surface area contributed by atoms with Crippen LogP contribution in [0.5, 0.6) is 0 Å². The van der Waals surface area contributed by atoms with Gasteiger partial charge in [-0.1, -0.05) is 6.08 Å². The standard InChI is InChI=1S/C7H12O5/c1-2-3(8)6-4(9)5(10)7(11)12-6/h2-11H,1H2/t3?,4-,5-,6-,7+/m1/s1. The molecule has 5 nitrogen and oxygen atoms in total. The van der Waals surface area contributed by atoms with Crippen molar-refractivity contribution in [3.63, 3.8) is 0 Å².